The first-order chi connectivity index (χ1) is 8.52. The van der Waals surface area contributed by atoms with E-state index in [2.05, 4.69) is 16.9 Å². The molecule has 1 aliphatic rings. The molecule has 0 spiro atoms. The van der Waals surface area contributed by atoms with Gasteiger partial charge >= 0.3 is 12.0 Å². The molecule has 18 heavy (non-hydrogen) atoms. The first-order valence-corrected chi connectivity index (χ1v) is 7.60. The van der Waals surface area contributed by atoms with Gasteiger partial charge in [0.25, 0.3) is 0 Å². The Hall–Kier alpha value is -0.910. The Bertz CT molecular complexity index is 299. The zero-order valence-corrected chi connectivity index (χ0v) is 11.8. The molecule has 6 heteroatoms. The summed E-state index contributed by atoms with van der Waals surface area (Å²) in [5.74, 6) is -0.879. The van der Waals surface area contributed by atoms with Gasteiger partial charge in [-0.15, -0.1) is 0 Å². The van der Waals surface area contributed by atoms with Gasteiger partial charge in [-0.2, -0.15) is 11.8 Å². The number of aliphatic carboxylic acids is 1. The van der Waals surface area contributed by atoms with Crippen molar-refractivity contribution in [2.75, 3.05) is 12.8 Å². The molecule has 1 aliphatic carbocycles. The molecular formula is C12H22N2O3S. The lowest BCUT2D eigenvalue weighted by atomic mass is 10.1. The minimum absolute atomic E-state index is 0.0480. The number of hydrogen-bond donors (Lipinski definition) is 3. The van der Waals surface area contributed by atoms with E-state index in [4.69, 9.17) is 5.11 Å². The molecule has 3 atom stereocenters. The lowest BCUT2D eigenvalue weighted by Gasteiger charge is -2.20. The summed E-state index contributed by atoms with van der Waals surface area (Å²) in [6.07, 6.45) is 5.49. The molecule has 3 unspecified atom stereocenters. The summed E-state index contributed by atoms with van der Waals surface area (Å²) in [7, 11) is 0. The SMILES string of the molecule is CSC1CCCC1NC(=O)NCC(C)CC(=O)O. The Morgan fingerprint density at radius 1 is 1.44 bits per heavy atom. The van der Waals surface area contributed by atoms with E-state index >= 15 is 0 Å². The van der Waals surface area contributed by atoms with Gasteiger partial charge < -0.3 is 15.7 Å². The Balaban J connectivity index is 2.23. The van der Waals surface area contributed by atoms with Crippen LogP contribution in [-0.2, 0) is 4.79 Å². The molecule has 1 saturated carbocycles. The summed E-state index contributed by atoms with van der Waals surface area (Å²) in [6.45, 7) is 2.21. The number of carbonyl (C=O) groups is 2. The quantitative estimate of drug-likeness (QED) is 0.688. The van der Waals surface area contributed by atoms with Crippen LogP contribution in [0.5, 0.6) is 0 Å². The van der Waals surface area contributed by atoms with E-state index in [0.717, 1.165) is 19.3 Å². The van der Waals surface area contributed by atoms with Crippen LogP contribution in [0.15, 0.2) is 0 Å². The van der Waals surface area contributed by atoms with Gasteiger partial charge in [-0.25, -0.2) is 4.79 Å². The van der Waals surface area contributed by atoms with Crippen LogP contribution in [0.25, 0.3) is 0 Å². The van der Waals surface area contributed by atoms with Gasteiger partial charge in [0.1, 0.15) is 0 Å². The largest absolute Gasteiger partial charge is 0.481 e. The number of carboxylic acids is 1. The minimum atomic E-state index is -0.831. The van der Waals surface area contributed by atoms with E-state index in [0.29, 0.717) is 11.8 Å². The average Bonchev–Trinajstić information content (AvgIpc) is 2.72. The third kappa shape index (κ3) is 5.16. The zero-order chi connectivity index (χ0) is 13.5. The summed E-state index contributed by atoms with van der Waals surface area (Å²) in [4.78, 5) is 22.2. The minimum Gasteiger partial charge on any atom is -0.481 e. The van der Waals surface area contributed by atoms with Gasteiger partial charge in [-0.1, -0.05) is 13.3 Å². The molecular weight excluding hydrogens is 252 g/mol. The zero-order valence-electron chi connectivity index (χ0n) is 10.9. The van der Waals surface area contributed by atoms with E-state index in [-0.39, 0.29) is 24.4 Å². The average molecular weight is 274 g/mol. The van der Waals surface area contributed by atoms with Crippen molar-refractivity contribution in [2.24, 2.45) is 5.92 Å². The number of urea groups is 1. The Morgan fingerprint density at radius 3 is 2.78 bits per heavy atom. The third-order valence-electron chi connectivity index (χ3n) is 3.21. The predicted molar refractivity (Wildman–Crippen MR) is 72.9 cm³/mol. The molecule has 1 fully saturated rings. The molecule has 0 aromatic carbocycles. The van der Waals surface area contributed by atoms with Crippen LogP contribution in [0.1, 0.15) is 32.6 Å². The number of hydrogen-bond acceptors (Lipinski definition) is 3. The molecule has 104 valence electrons. The van der Waals surface area contributed by atoms with Crippen molar-refractivity contribution >= 4 is 23.8 Å². The molecule has 0 aromatic heterocycles. The normalized spacial score (nSPS) is 24.6. The molecule has 3 N–H and O–H groups in total. The van der Waals surface area contributed by atoms with Crippen LogP contribution in [0.3, 0.4) is 0 Å². The summed E-state index contributed by atoms with van der Waals surface area (Å²) < 4.78 is 0. The maximum Gasteiger partial charge on any atom is 0.315 e. The number of thioether (sulfide) groups is 1. The van der Waals surface area contributed by atoms with Gasteiger partial charge in [0.05, 0.1) is 0 Å². The maximum absolute atomic E-state index is 11.7. The topological polar surface area (TPSA) is 78.4 Å². The lowest BCUT2D eigenvalue weighted by Crippen LogP contribution is -2.45. The highest BCUT2D eigenvalue weighted by atomic mass is 32.2. The fourth-order valence-corrected chi connectivity index (χ4v) is 3.16. The highest BCUT2D eigenvalue weighted by Crippen LogP contribution is 2.28. The van der Waals surface area contributed by atoms with Gasteiger partial charge in [0, 0.05) is 24.3 Å². The van der Waals surface area contributed by atoms with Gasteiger partial charge in [-0.05, 0) is 25.0 Å². The number of rotatable bonds is 6. The van der Waals surface area contributed by atoms with E-state index in [1.807, 2.05) is 6.92 Å². The highest BCUT2D eigenvalue weighted by Gasteiger charge is 2.27. The standard InChI is InChI=1S/C12H22N2O3S/c1-8(6-11(15)16)7-13-12(17)14-9-4-3-5-10(9)18-2/h8-10H,3-7H2,1-2H3,(H,15,16)(H2,13,14,17). The second-order valence-corrected chi connectivity index (χ2v) is 5.95. The van der Waals surface area contributed by atoms with Crippen LogP contribution in [0.4, 0.5) is 4.79 Å². The smallest absolute Gasteiger partial charge is 0.315 e. The Kier molecular flexibility index (Phi) is 6.32. The monoisotopic (exact) mass is 274 g/mol. The fourth-order valence-electron chi connectivity index (χ4n) is 2.23. The van der Waals surface area contributed by atoms with Crippen molar-refractivity contribution in [3.05, 3.63) is 0 Å². The fraction of sp³-hybridized carbons (Fsp3) is 0.833. The van der Waals surface area contributed by atoms with Crippen molar-refractivity contribution in [2.45, 2.75) is 43.9 Å². The number of carboxylic acid groups (broad SMARTS) is 1. The van der Waals surface area contributed by atoms with Crippen LogP contribution in [-0.4, -0.2) is 41.2 Å². The van der Waals surface area contributed by atoms with E-state index < -0.39 is 5.97 Å². The number of nitrogens with one attached hydrogen (secondary N) is 2. The van der Waals surface area contributed by atoms with Crippen LogP contribution < -0.4 is 10.6 Å². The summed E-state index contributed by atoms with van der Waals surface area (Å²) in [5, 5.41) is 14.8. The molecule has 0 bridgehead atoms. The first-order valence-electron chi connectivity index (χ1n) is 6.32. The van der Waals surface area contributed by atoms with Crippen molar-refractivity contribution < 1.29 is 14.7 Å². The van der Waals surface area contributed by atoms with Crippen molar-refractivity contribution in [3.63, 3.8) is 0 Å². The van der Waals surface area contributed by atoms with Crippen LogP contribution >= 0.6 is 11.8 Å². The molecule has 1 rings (SSSR count). The van der Waals surface area contributed by atoms with Crippen LogP contribution in [0.2, 0.25) is 0 Å². The van der Waals surface area contributed by atoms with E-state index in [1.54, 1.807) is 11.8 Å². The van der Waals surface area contributed by atoms with E-state index in [9.17, 15) is 9.59 Å². The van der Waals surface area contributed by atoms with Crippen molar-refractivity contribution in [1.82, 2.24) is 10.6 Å². The highest BCUT2D eigenvalue weighted by molar-refractivity contribution is 7.99. The maximum atomic E-state index is 11.7. The molecule has 0 saturated heterocycles. The number of amides is 2. The second kappa shape index (κ2) is 7.51. The Morgan fingerprint density at radius 2 is 2.17 bits per heavy atom. The van der Waals surface area contributed by atoms with Crippen molar-refractivity contribution in [3.8, 4) is 0 Å². The van der Waals surface area contributed by atoms with Gasteiger partial charge in [0.2, 0.25) is 0 Å². The van der Waals surface area contributed by atoms with Crippen molar-refractivity contribution in [1.29, 1.82) is 0 Å². The second-order valence-electron chi connectivity index (χ2n) is 4.87. The molecule has 5 nitrogen and oxygen atoms in total. The third-order valence-corrected chi connectivity index (χ3v) is 4.38. The van der Waals surface area contributed by atoms with Crippen LogP contribution in [0, 0.1) is 5.92 Å². The Labute approximate surface area is 112 Å². The molecule has 2 amide bonds. The molecule has 0 aliphatic heterocycles. The van der Waals surface area contributed by atoms with E-state index in [1.165, 1.54) is 0 Å². The lowest BCUT2D eigenvalue weighted by molar-refractivity contribution is -0.137. The summed E-state index contributed by atoms with van der Waals surface area (Å²) >= 11 is 1.80. The first kappa shape index (κ1) is 15.1. The predicted octanol–water partition coefficient (Wildman–Crippen LogP) is 1.68. The van der Waals surface area contributed by atoms with Gasteiger partial charge in [0.15, 0.2) is 0 Å². The summed E-state index contributed by atoms with van der Waals surface area (Å²) in [5.41, 5.74) is 0. The molecule has 0 heterocycles. The number of carbonyl (C=O) groups excluding carboxylic acids is 1. The molecule has 0 radical (unpaired) electrons. The summed E-state index contributed by atoms with van der Waals surface area (Å²) in [6, 6.07) is 0.0629. The van der Waals surface area contributed by atoms with Gasteiger partial charge in [-0.3, -0.25) is 4.79 Å². The molecule has 0 aromatic rings.